The van der Waals surface area contributed by atoms with Crippen LogP contribution in [0, 0.1) is 0 Å². The highest BCUT2D eigenvalue weighted by molar-refractivity contribution is 5.81. The van der Waals surface area contributed by atoms with Gasteiger partial charge in [0.05, 0.1) is 0 Å². The Morgan fingerprint density at radius 2 is 1.90 bits per heavy atom. The van der Waals surface area contributed by atoms with E-state index in [1.54, 1.807) is 0 Å². The first-order valence-corrected chi connectivity index (χ1v) is 8.02. The summed E-state index contributed by atoms with van der Waals surface area (Å²) in [6.07, 6.45) is 4.43. The van der Waals surface area contributed by atoms with Crippen molar-refractivity contribution in [3.05, 3.63) is 29.3 Å². The fourth-order valence-corrected chi connectivity index (χ4v) is 3.18. The van der Waals surface area contributed by atoms with Gasteiger partial charge in [-0.1, -0.05) is 6.07 Å². The van der Waals surface area contributed by atoms with Crippen LogP contribution in [0.1, 0.15) is 30.9 Å². The second-order valence-electron chi connectivity index (χ2n) is 5.97. The molecule has 3 rings (SSSR count). The summed E-state index contributed by atoms with van der Waals surface area (Å²) in [5, 5.41) is 3.26. The Labute approximate surface area is 126 Å². The van der Waals surface area contributed by atoms with Crippen LogP contribution in [0.4, 0.5) is 0 Å². The first-order valence-electron chi connectivity index (χ1n) is 8.02. The Balaban J connectivity index is 1.63. The Kier molecular flexibility index (Phi) is 4.44. The van der Waals surface area contributed by atoms with E-state index in [2.05, 4.69) is 17.4 Å². The zero-order chi connectivity index (χ0) is 14.7. The van der Waals surface area contributed by atoms with E-state index in [1.165, 1.54) is 30.4 Å². The molecule has 1 aromatic rings. The summed E-state index contributed by atoms with van der Waals surface area (Å²) in [4.78, 5) is 14.3. The normalized spacial score (nSPS) is 19.8. The van der Waals surface area contributed by atoms with Crippen LogP contribution < -0.4 is 10.1 Å². The zero-order valence-corrected chi connectivity index (χ0v) is 12.7. The third kappa shape index (κ3) is 3.38. The monoisotopic (exact) mass is 288 g/mol. The second-order valence-corrected chi connectivity index (χ2v) is 5.97. The number of nitrogens with zero attached hydrogens (tertiary/aromatic N) is 1. The van der Waals surface area contributed by atoms with Gasteiger partial charge in [-0.05, 0) is 55.9 Å². The molecule has 1 fully saturated rings. The summed E-state index contributed by atoms with van der Waals surface area (Å²) in [6.45, 7) is 5.14. The molecule has 1 aromatic carbocycles. The molecular formula is C17H24N2O2. The first kappa shape index (κ1) is 14.4. The minimum absolute atomic E-state index is 0.0919. The molecule has 1 amide bonds. The minimum atomic E-state index is -0.412. The lowest BCUT2D eigenvalue weighted by atomic mass is 9.92. The number of rotatable bonds is 3. The van der Waals surface area contributed by atoms with Gasteiger partial charge < -0.3 is 15.0 Å². The lowest BCUT2D eigenvalue weighted by Crippen LogP contribution is -2.50. The van der Waals surface area contributed by atoms with Crippen molar-refractivity contribution < 1.29 is 9.53 Å². The lowest BCUT2D eigenvalue weighted by molar-refractivity contribution is -0.138. The van der Waals surface area contributed by atoms with Crippen LogP contribution in [0.2, 0.25) is 0 Å². The van der Waals surface area contributed by atoms with Crippen molar-refractivity contribution in [3.63, 3.8) is 0 Å². The molecular weight excluding hydrogens is 264 g/mol. The van der Waals surface area contributed by atoms with Crippen LogP contribution in [0.15, 0.2) is 18.2 Å². The first-order chi connectivity index (χ1) is 10.2. The molecule has 2 aliphatic rings. The fourth-order valence-electron chi connectivity index (χ4n) is 3.18. The van der Waals surface area contributed by atoms with Crippen LogP contribution in [0.3, 0.4) is 0 Å². The number of hydrogen-bond acceptors (Lipinski definition) is 3. The van der Waals surface area contributed by atoms with Gasteiger partial charge in [0.2, 0.25) is 0 Å². The van der Waals surface area contributed by atoms with Crippen molar-refractivity contribution in [1.29, 1.82) is 0 Å². The average Bonchev–Trinajstić information content (AvgIpc) is 2.55. The van der Waals surface area contributed by atoms with Crippen molar-refractivity contribution in [2.75, 3.05) is 26.2 Å². The van der Waals surface area contributed by atoms with E-state index in [0.717, 1.165) is 38.3 Å². The number of carbonyl (C=O) groups is 1. The topological polar surface area (TPSA) is 41.6 Å². The van der Waals surface area contributed by atoms with E-state index in [9.17, 15) is 4.79 Å². The summed E-state index contributed by atoms with van der Waals surface area (Å²) in [7, 11) is 0. The third-order valence-corrected chi connectivity index (χ3v) is 4.41. The molecule has 0 radical (unpaired) electrons. The minimum Gasteiger partial charge on any atom is -0.481 e. The summed E-state index contributed by atoms with van der Waals surface area (Å²) in [6, 6.07) is 6.29. The Bertz CT molecular complexity index is 510. The van der Waals surface area contributed by atoms with Gasteiger partial charge >= 0.3 is 0 Å². The molecule has 1 atom stereocenters. The maximum atomic E-state index is 12.4. The van der Waals surface area contributed by atoms with Crippen molar-refractivity contribution in [1.82, 2.24) is 10.2 Å². The molecule has 1 saturated heterocycles. The molecule has 1 aliphatic heterocycles. The number of piperazine rings is 1. The zero-order valence-electron chi connectivity index (χ0n) is 12.7. The predicted molar refractivity (Wildman–Crippen MR) is 82.6 cm³/mol. The standard InChI is InChI=1S/C17H24N2O2/c1-13(17(20)19-10-8-18-9-11-19)21-16-7-6-14-4-2-3-5-15(14)12-16/h6-7,12-13,18H,2-5,8-11H2,1H3. The number of ether oxygens (including phenoxy) is 1. The molecule has 4 heteroatoms. The van der Waals surface area contributed by atoms with Crippen LogP contribution in [0.25, 0.3) is 0 Å². The van der Waals surface area contributed by atoms with Gasteiger partial charge in [-0.25, -0.2) is 0 Å². The number of hydrogen-bond donors (Lipinski definition) is 1. The summed E-state index contributed by atoms with van der Waals surface area (Å²) in [5.74, 6) is 0.917. The van der Waals surface area contributed by atoms with Gasteiger partial charge in [0, 0.05) is 26.2 Å². The summed E-state index contributed by atoms with van der Waals surface area (Å²) in [5.41, 5.74) is 2.83. The van der Waals surface area contributed by atoms with E-state index < -0.39 is 6.10 Å². The molecule has 0 aromatic heterocycles. The van der Waals surface area contributed by atoms with E-state index >= 15 is 0 Å². The van der Waals surface area contributed by atoms with E-state index in [4.69, 9.17) is 4.74 Å². The van der Waals surface area contributed by atoms with Gasteiger partial charge in [-0.15, -0.1) is 0 Å². The van der Waals surface area contributed by atoms with Crippen molar-refractivity contribution >= 4 is 5.91 Å². The quantitative estimate of drug-likeness (QED) is 0.921. The molecule has 0 bridgehead atoms. The Morgan fingerprint density at radius 1 is 1.19 bits per heavy atom. The van der Waals surface area contributed by atoms with Crippen LogP contribution in [0.5, 0.6) is 5.75 Å². The van der Waals surface area contributed by atoms with Gasteiger partial charge in [-0.3, -0.25) is 4.79 Å². The van der Waals surface area contributed by atoms with Gasteiger partial charge in [0.15, 0.2) is 6.10 Å². The second kappa shape index (κ2) is 6.48. The molecule has 1 aliphatic carbocycles. The Morgan fingerprint density at radius 3 is 2.67 bits per heavy atom. The average molecular weight is 288 g/mol. The van der Waals surface area contributed by atoms with E-state index in [0.29, 0.717) is 0 Å². The fraction of sp³-hybridized carbons (Fsp3) is 0.588. The van der Waals surface area contributed by atoms with Crippen LogP contribution in [-0.2, 0) is 17.6 Å². The molecule has 0 saturated carbocycles. The van der Waals surface area contributed by atoms with Gasteiger partial charge in [0.1, 0.15) is 5.75 Å². The largest absolute Gasteiger partial charge is 0.481 e. The molecule has 1 unspecified atom stereocenters. The van der Waals surface area contributed by atoms with E-state index in [1.807, 2.05) is 17.9 Å². The predicted octanol–water partition coefficient (Wildman–Crippen LogP) is 1.76. The number of fused-ring (bicyclic) bond motifs is 1. The molecule has 4 nitrogen and oxygen atoms in total. The number of nitrogens with one attached hydrogen (secondary N) is 1. The highest BCUT2D eigenvalue weighted by Gasteiger charge is 2.23. The maximum absolute atomic E-state index is 12.4. The van der Waals surface area contributed by atoms with Crippen molar-refractivity contribution in [2.24, 2.45) is 0 Å². The molecule has 1 N–H and O–H groups in total. The highest BCUT2D eigenvalue weighted by atomic mass is 16.5. The van der Waals surface area contributed by atoms with Crippen LogP contribution in [-0.4, -0.2) is 43.1 Å². The molecule has 114 valence electrons. The summed E-state index contributed by atoms with van der Waals surface area (Å²) < 4.78 is 5.88. The van der Waals surface area contributed by atoms with Crippen molar-refractivity contribution in [2.45, 2.75) is 38.7 Å². The maximum Gasteiger partial charge on any atom is 0.263 e. The van der Waals surface area contributed by atoms with Gasteiger partial charge in [-0.2, -0.15) is 0 Å². The Hall–Kier alpha value is -1.55. The lowest BCUT2D eigenvalue weighted by Gasteiger charge is -2.30. The van der Waals surface area contributed by atoms with Gasteiger partial charge in [0.25, 0.3) is 5.91 Å². The number of benzene rings is 1. The van der Waals surface area contributed by atoms with Crippen molar-refractivity contribution in [3.8, 4) is 5.75 Å². The van der Waals surface area contributed by atoms with E-state index in [-0.39, 0.29) is 5.91 Å². The highest BCUT2D eigenvalue weighted by Crippen LogP contribution is 2.26. The third-order valence-electron chi connectivity index (χ3n) is 4.41. The SMILES string of the molecule is CC(Oc1ccc2c(c1)CCCC2)C(=O)N1CCNCC1. The number of amides is 1. The molecule has 1 heterocycles. The summed E-state index contributed by atoms with van der Waals surface area (Å²) >= 11 is 0. The smallest absolute Gasteiger partial charge is 0.263 e. The number of carbonyl (C=O) groups excluding carboxylic acids is 1. The molecule has 21 heavy (non-hydrogen) atoms. The van der Waals surface area contributed by atoms with Crippen LogP contribution >= 0.6 is 0 Å². The molecule has 0 spiro atoms. The number of aryl methyl sites for hydroxylation is 2.